The number of nitrogens with one attached hydrogen (secondary N) is 1. The number of benzene rings is 3. The lowest BCUT2D eigenvalue weighted by molar-refractivity contribution is -0.130. The zero-order chi connectivity index (χ0) is 24.4. The van der Waals surface area contributed by atoms with Crippen LogP contribution in [0.5, 0.6) is 11.5 Å². The van der Waals surface area contributed by atoms with E-state index in [1.807, 2.05) is 47.4 Å². The molecule has 4 aromatic rings. The summed E-state index contributed by atoms with van der Waals surface area (Å²) in [5.41, 5.74) is 3.96. The van der Waals surface area contributed by atoms with E-state index in [9.17, 15) is 9.18 Å². The first-order valence-electron chi connectivity index (χ1n) is 11.6. The molecule has 1 aromatic heterocycles. The van der Waals surface area contributed by atoms with Gasteiger partial charge < -0.3 is 19.4 Å². The number of amides is 1. The van der Waals surface area contributed by atoms with E-state index in [2.05, 4.69) is 11.1 Å². The molecule has 0 bridgehead atoms. The predicted octanol–water partition coefficient (Wildman–Crippen LogP) is 5.98. The van der Waals surface area contributed by atoms with Crippen LogP contribution < -0.4 is 9.47 Å². The first kappa shape index (κ1) is 23.3. The highest BCUT2D eigenvalue weighted by Crippen LogP contribution is 2.39. The largest absolute Gasteiger partial charge is 0.497 e. The number of aryl methyl sites for hydroxylation is 1. The number of carbonyl (C=O) groups is 1. The molecule has 1 N–H and O–H groups in total. The van der Waals surface area contributed by atoms with Crippen molar-refractivity contribution in [2.75, 3.05) is 26.5 Å². The maximum absolute atomic E-state index is 14.3. The van der Waals surface area contributed by atoms with Gasteiger partial charge in [-0.25, -0.2) is 4.39 Å². The molecule has 1 amide bonds. The van der Waals surface area contributed by atoms with Crippen molar-refractivity contribution < 1.29 is 18.7 Å². The van der Waals surface area contributed by atoms with Crippen molar-refractivity contribution in [3.8, 4) is 11.5 Å². The SMILES string of the molecule is COc1ccc(OC)c(SCC(=O)N2CCCc3c([nH]c4ccccc34)C2c2cccc(F)c2)c1. The molecule has 3 aromatic carbocycles. The zero-order valence-corrected chi connectivity index (χ0v) is 20.5. The second-order valence-corrected chi connectivity index (χ2v) is 9.53. The molecule has 0 radical (unpaired) electrons. The highest BCUT2D eigenvalue weighted by atomic mass is 32.2. The Morgan fingerprint density at radius 3 is 2.74 bits per heavy atom. The van der Waals surface area contributed by atoms with Crippen molar-refractivity contribution in [2.24, 2.45) is 0 Å². The van der Waals surface area contributed by atoms with Gasteiger partial charge in [0.1, 0.15) is 17.3 Å². The predicted molar refractivity (Wildman–Crippen MR) is 137 cm³/mol. The monoisotopic (exact) mass is 490 g/mol. The van der Waals surface area contributed by atoms with E-state index < -0.39 is 6.04 Å². The van der Waals surface area contributed by atoms with Gasteiger partial charge in [0.15, 0.2) is 0 Å². The van der Waals surface area contributed by atoms with Crippen molar-refractivity contribution in [1.29, 1.82) is 0 Å². The van der Waals surface area contributed by atoms with E-state index in [4.69, 9.17) is 9.47 Å². The summed E-state index contributed by atoms with van der Waals surface area (Å²) in [6, 6.07) is 19.9. The number of halogens is 1. The molecule has 1 unspecified atom stereocenters. The number of carbonyl (C=O) groups excluding carboxylic acids is 1. The van der Waals surface area contributed by atoms with Crippen LogP contribution in [0, 0.1) is 5.82 Å². The number of thioether (sulfide) groups is 1. The number of aromatic nitrogens is 1. The normalized spacial score (nSPS) is 15.5. The molecular weight excluding hydrogens is 463 g/mol. The molecule has 0 aliphatic carbocycles. The van der Waals surface area contributed by atoms with E-state index >= 15 is 0 Å². The zero-order valence-electron chi connectivity index (χ0n) is 19.7. The summed E-state index contributed by atoms with van der Waals surface area (Å²) in [5.74, 6) is 1.30. The van der Waals surface area contributed by atoms with Gasteiger partial charge in [0.2, 0.25) is 5.91 Å². The van der Waals surface area contributed by atoms with Gasteiger partial charge in [-0.3, -0.25) is 4.79 Å². The summed E-state index contributed by atoms with van der Waals surface area (Å²) in [7, 11) is 3.22. The number of fused-ring (bicyclic) bond motifs is 3. The summed E-state index contributed by atoms with van der Waals surface area (Å²) in [4.78, 5) is 20.0. The highest BCUT2D eigenvalue weighted by Gasteiger charge is 2.33. The first-order valence-corrected chi connectivity index (χ1v) is 12.6. The number of para-hydroxylation sites is 1. The average Bonchev–Trinajstić information content (AvgIpc) is 3.13. The molecular formula is C28H27FN2O3S. The van der Waals surface area contributed by atoms with Crippen LogP contribution in [0.15, 0.2) is 71.6 Å². The lowest BCUT2D eigenvalue weighted by Crippen LogP contribution is -2.37. The second-order valence-electron chi connectivity index (χ2n) is 8.52. The molecule has 0 saturated heterocycles. The van der Waals surface area contributed by atoms with Crippen LogP contribution in [0.4, 0.5) is 4.39 Å². The van der Waals surface area contributed by atoms with Crippen molar-refractivity contribution in [1.82, 2.24) is 9.88 Å². The van der Waals surface area contributed by atoms with Gasteiger partial charge in [0.25, 0.3) is 0 Å². The lowest BCUT2D eigenvalue weighted by atomic mass is 9.98. The van der Waals surface area contributed by atoms with E-state index in [1.54, 1.807) is 20.3 Å². The quantitative estimate of drug-likeness (QED) is 0.338. The lowest BCUT2D eigenvalue weighted by Gasteiger charge is -2.31. The fourth-order valence-corrected chi connectivity index (χ4v) is 5.78. The van der Waals surface area contributed by atoms with Gasteiger partial charge in [-0.05, 0) is 60.4 Å². The number of nitrogens with zero attached hydrogens (tertiary/aromatic N) is 1. The highest BCUT2D eigenvalue weighted by molar-refractivity contribution is 8.00. The smallest absolute Gasteiger partial charge is 0.233 e. The molecule has 0 saturated carbocycles. The van der Waals surface area contributed by atoms with Crippen LogP contribution in [-0.4, -0.2) is 42.3 Å². The molecule has 5 rings (SSSR count). The molecule has 7 heteroatoms. The van der Waals surface area contributed by atoms with E-state index in [-0.39, 0.29) is 17.5 Å². The third-order valence-corrected chi connectivity index (χ3v) is 7.49. The van der Waals surface area contributed by atoms with Gasteiger partial charge in [-0.2, -0.15) is 0 Å². The maximum Gasteiger partial charge on any atom is 0.233 e. The number of rotatable bonds is 6. The Bertz CT molecular complexity index is 1370. The summed E-state index contributed by atoms with van der Waals surface area (Å²) < 4.78 is 25.1. The topological polar surface area (TPSA) is 54.6 Å². The minimum atomic E-state index is -0.393. The summed E-state index contributed by atoms with van der Waals surface area (Å²) in [6.07, 6.45) is 1.69. The van der Waals surface area contributed by atoms with Crippen molar-refractivity contribution in [3.63, 3.8) is 0 Å². The third-order valence-electron chi connectivity index (χ3n) is 6.46. The minimum Gasteiger partial charge on any atom is -0.497 e. The molecule has 0 spiro atoms. The Morgan fingerprint density at radius 1 is 1.09 bits per heavy atom. The Hall–Kier alpha value is -3.45. The van der Waals surface area contributed by atoms with Crippen molar-refractivity contribution >= 4 is 28.6 Å². The van der Waals surface area contributed by atoms with E-state index in [1.165, 1.54) is 29.5 Å². The van der Waals surface area contributed by atoms with Gasteiger partial charge >= 0.3 is 0 Å². The average molecular weight is 491 g/mol. The molecule has 5 nitrogen and oxygen atoms in total. The first-order chi connectivity index (χ1) is 17.1. The number of H-pyrrole nitrogens is 1. The van der Waals surface area contributed by atoms with Crippen LogP contribution in [0.2, 0.25) is 0 Å². The van der Waals surface area contributed by atoms with E-state index in [0.29, 0.717) is 18.0 Å². The third kappa shape index (κ3) is 4.60. The van der Waals surface area contributed by atoms with Crippen LogP contribution in [0.3, 0.4) is 0 Å². The van der Waals surface area contributed by atoms with E-state index in [0.717, 1.165) is 39.9 Å². The van der Waals surface area contributed by atoms with Crippen LogP contribution in [0.25, 0.3) is 10.9 Å². The van der Waals surface area contributed by atoms with Crippen LogP contribution >= 0.6 is 11.8 Å². The number of aromatic amines is 1. The number of methoxy groups -OCH3 is 2. The Kier molecular flexibility index (Phi) is 6.68. The Balaban J connectivity index is 1.51. The fourth-order valence-electron chi connectivity index (χ4n) is 4.85. The number of ether oxygens (including phenoxy) is 2. The minimum absolute atomic E-state index is 0.0133. The fraction of sp³-hybridized carbons (Fsp3) is 0.250. The molecule has 180 valence electrons. The van der Waals surface area contributed by atoms with Gasteiger partial charge in [-0.15, -0.1) is 11.8 Å². The van der Waals surface area contributed by atoms with Gasteiger partial charge in [0, 0.05) is 23.1 Å². The molecule has 35 heavy (non-hydrogen) atoms. The Morgan fingerprint density at radius 2 is 1.94 bits per heavy atom. The molecule has 1 atom stereocenters. The molecule has 1 aliphatic heterocycles. The van der Waals surface area contributed by atoms with Crippen LogP contribution in [0.1, 0.15) is 29.3 Å². The van der Waals surface area contributed by atoms with Crippen LogP contribution in [-0.2, 0) is 11.2 Å². The second kappa shape index (κ2) is 10.0. The maximum atomic E-state index is 14.3. The summed E-state index contributed by atoms with van der Waals surface area (Å²) >= 11 is 1.42. The summed E-state index contributed by atoms with van der Waals surface area (Å²) in [6.45, 7) is 0.590. The van der Waals surface area contributed by atoms with Crippen molar-refractivity contribution in [2.45, 2.75) is 23.8 Å². The number of hydrogen-bond donors (Lipinski definition) is 1. The summed E-state index contributed by atoms with van der Waals surface area (Å²) in [5, 5.41) is 1.16. The molecule has 0 fully saturated rings. The number of hydrogen-bond acceptors (Lipinski definition) is 4. The molecule has 1 aliphatic rings. The van der Waals surface area contributed by atoms with Gasteiger partial charge in [-0.1, -0.05) is 30.3 Å². The van der Waals surface area contributed by atoms with Gasteiger partial charge in [0.05, 0.1) is 30.9 Å². The molecule has 2 heterocycles. The van der Waals surface area contributed by atoms with Crippen molar-refractivity contribution in [3.05, 3.63) is 89.4 Å². The Labute approximate surface area is 208 Å². The standard InChI is InChI=1S/C28H27FN2O3S/c1-33-20-12-13-24(34-2)25(16-20)35-17-26(32)31-14-6-10-22-21-9-3-4-11-23(21)30-27(22)28(31)18-7-5-8-19(29)15-18/h3-5,7-9,11-13,15-16,28,30H,6,10,14,17H2,1-2H3.